The molecule has 0 spiro atoms. The van der Waals surface area contributed by atoms with Crippen LogP contribution in [0.1, 0.15) is 45.6 Å². The molecule has 2 aliphatic rings. The van der Waals surface area contributed by atoms with Gasteiger partial charge in [0.1, 0.15) is 18.2 Å². The van der Waals surface area contributed by atoms with Gasteiger partial charge in [0, 0.05) is 30.4 Å². The zero-order valence-corrected chi connectivity index (χ0v) is 22.6. The maximum atomic E-state index is 13.3. The Bertz CT molecular complexity index is 1490. The van der Waals surface area contributed by atoms with Crippen LogP contribution >= 0.6 is 0 Å². The molecular formula is C26H32N6O5S. The lowest BCUT2D eigenvalue weighted by atomic mass is 9.97. The first kappa shape index (κ1) is 26.0. The molecule has 11 nitrogen and oxygen atoms in total. The molecule has 2 fully saturated rings. The van der Waals surface area contributed by atoms with Gasteiger partial charge in [0.05, 0.1) is 10.3 Å². The van der Waals surface area contributed by atoms with Crippen LogP contribution in [0.25, 0.3) is 11.0 Å². The smallest absolute Gasteiger partial charge is 0.408 e. The molecule has 2 amide bonds. The monoisotopic (exact) mass is 540 g/mol. The third-order valence-electron chi connectivity index (χ3n) is 7.38. The molecule has 202 valence electrons. The largest absolute Gasteiger partial charge is 0.465 e. The lowest BCUT2D eigenvalue weighted by molar-refractivity contribution is -0.134. The second-order valence-corrected chi connectivity index (χ2v) is 12.8. The highest BCUT2D eigenvalue weighted by Gasteiger charge is 2.49. The van der Waals surface area contributed by atoms with Gasteiger partial charge in [-0.2, -0.15) is 0 Å². The molecule has 0 bridgehead atoms. The van der Waals surface area contributed by atoms with Gasteiger partial charge in [0.15, 0.2) is 5.65 Å². The number of anilines is 1. The summed E-state index contributed by atoms with van der Waals surface area (Å²) in [5, 5.41) is 13.7. The summed E-state index contributed by atoms with van der Waals surface area (Å²) in [5.74, 6) is 0.309. The van der Waals surface area contributed by atoms with Crippen molar-refractivity contribution in [1.29, 1.82) is 0 Å². The molecule has 2 aliphatic heterocycles. The fraction of sp³-hybridized carbons (Fsp3) is 0.462. The molecule has 2 aromatic heterocycles. The minimum atomic E-state index is -3.85. The first-order chi connectivity index (χ1) is 17.9. The first-order valence-electron chi connectivity index (χ1n) is 12.6. The Hall–Kier alpha value is -3.67. The Balaban J connectivity index is 1.37. The Morgan fingerprint density at radius 3 is 2.50 bits per heavy atom. The number of carbonyl (C=O) groups is 2. The number of carbonyl (C=O) groups excluding carboxylic acids is 1. The number of nitrogens with zero attached hydrogens (tertiary/aromatic N) is 5. The molecule has 2 saturated heterocycles. The highest BCUT2D eigenvalue weighted by Crippen LogP contribution is 2.35. The van der Waals surface area contributed by atoms with E-state index >= 15 is 0 Å². The molecule has 3 atom stereocenters. The summed E-state index contributed by atoms with van der Waals surface area (Å²) in [6.45, 7) is 7.68. The SMILES string of the molecule is Cc1ccc(S(=O)(=O)n2ccc3c(N[C@@H]4CC[C@H]5C[C@H](N(C(=O)O)C(C)(C)C)C(=O)N5C4)ncnc32)cc1. The van der Waals surface area contributed by atoms with Gasteiger partial charge in [-0.1, -0.05) is 17.7 Å². The Labute approximate surface area is 221 Å². The molecule has 12 heteroatoms. The van der Waals surface area contributed by atoms with Gasteiger partial charge in [0.25, 0.3) is 10.0 Å². The molecular weight excluding hydrogens is 508 g/mol. The predicted molar refractivity (Wildman–Crippen MR) is 141 cm³/mol. The number of rotatable bonds is 5. The summed E-state index contributed by atoms with van der Waals surface area (Å²) in [7, 11) is -3.85. The number of hydrogen-bond donors (Lipinski definition) is 2. The number of aryl methyl sites for hydroxylation is 1. The normalized spacial score (nSPS) is 21.9. The summed E-state index contributed by atoms with van der Waals surface area (Å²) in [5.41, 5.74) is 0.523. The molecule has 0 aliphatic carbocycles. The van der Waals surface area contributed by atoms with E-state index in [1.54, 1.807) is 56.0 Å². The predicted octanol–water partition coefficient (Wildman–Crippen LogP) is 3.30. The van der Waals surface area contributed by atoms with Gasteiger partial charge in [-0.15, -0.1) is 0 Å². The average Bonchev–Trinajstić information content (AvgIpc) is 3.41. The lowest BCUT2D eigenvalue weighted by Crippen LogP contribution is -2.54. The molecule has 5 rings (SSSR count). The van der Waals surface area contributed by atoms with Crippen molar-refractivity contribution >= 4 is 38.9 Å². The minimum Gasteiger partial charge on any atom is -0.465 e. The number of piperidine rings is 1. The quantitative estimate of drug-likeness (QED) is 0.503. The van der Waals surface area contributed by atoms with Crippen LogP contribution in [0.5, 0.6) is 0 Å². The third-order valence-corrected chi connectivity index (χ3v) is 9.06. The van der Waals surface area contributed by atoms with Crippen molar-refractivity contribution in [2.45, 2.75) is 75.5 Å². The standard InChI is InChI=1S/C26H32N6O5S/c1-16-5-9-19(10-6-16)38(36,37)31-12-11-20-22(27-15-28-23(20)31)29-17-7-8-18-13-21(24(33)30(18)14-17)32(25(34)35)26(2,3)4/h5-6,9-12,15,17-18,21H,7-8,13-14H2,1-4H3,(H,34,35)(H,27,28,29)/t17-,18+,21+/m1/s1. The molecule has 3 aromatic rings. The van der Waals surface area contributed by atoms with Crippen molar-refractivity contribution in [3.8, 4) is 0 Å². The van der Waals surface area contributed by atoms with Gasteiger partial charge in [-0.3, -0.25) is 9.69 Å². The molecule has 4 heterocycles. The summed E-state index contributed by atoms with van der Waals surface area (Å²) in [6.07, 6.45) is 3.67. The number of benzene rings is 1. The fourth-order valence-electron chi connectivity index (χ4n) is 5.57. The molecule has 38 heavy (non-hydrogen) atoms. The first-order valence-corrected chi connectivity index (χ1v) is 14.1. The van der Waals surface area contributed by atoms with Gasteiger partial charge in [-0.05, 0) is 65.2 Å². The van der Waals surface area contributed by atoms with Crippen LogP contribution in [0.3, 0.4) is 0 Å². The molecule has 0 saturated carbocycles. The lowest BCUT2D eigenvalue weighted by Gasteiger charge is -2.37. The number of hydrogen-bond acceptors (Lipinski definition) is 7. The molecule has 0 radical (unpaired) electrons. The van der Waals surface area contributed by atoms with E-state index in [-0.39, 0.29) is 28.5 Å². The molecule has 2 N–H and O–H groups in total. The average molecular weight is 541 g/mol. The number of aromatic nitrogens is 3. The summed E-state index contributed by atoms with van der Waals surface area (Å²) in [6, 6.07) is 7.46. The van der Waals surface area contributed by atoms with Crippen molar-refractivity contribution in [1.82, 2.24) is 23.7 Å². The van der Waals surface area contributed by atoms with E-state index in [2.05, 4.69) is 15.3 Å². The van der Waals surface area contributed by atoms with E-state index in [1.807, 2.05) is 6.92 Å². The third kappa shape index (κ3) is 4.46. The van der Waals surface area contributed by atoms with E-state index in [1.165, 1.54) is 17.4 Å². The van der Waals surface area contributed by atoms with E-state index in [9.17, 15) is 23.1 Å². The van der Waals surface area contributed by atoms with E-state index in [4.69, 9.17) is 0 Å². The maximum absolute atomic E-state index is 13.3. The van der Waals surface area contributed by atoms with E-state index in [0.29, 0.717) is 24.2 Å². The summed E-state index contributed by atoms with van der Waals surface area (Å²) < 4.78 is 27.7. The second-order valence-electron chi connectivity index (χ2n) is 11.0. The topological polar surface area (TPSA) is 138 Å². The van der Waals surface area contributed by atoms with E-state index in [0.717, 1.165) is 22.4 Å². The molecule has 0 unspecified atom stereocenters. The number of nitrogens with one attached hydrogen (secondary N) is 1. The summed E-state index contributed by atoms with van der Waals surface area (Å²) >= 11 is 0. The van der Waals surface area contributed by atoms with Crippen molar-refractivity contribution in [2.24, 2.45) is 0 Å². The summed E-state index contributed by atoms with van der Waals surface area (Å²) in [4.78, 5) is 37.1. The number of carboxylic acid groups (broad SMARTS) is 1. The van der Waals surface area contributed by atoms with E-state index < -0.39 is 27.7 Å². The van der Waals surface area contributed by atoms with Crippen LogP contribution in [-0.2, 0) is 14.8 Å². The number of amides is 2. The van der Waals surface area contributed by atoms with Crippen LogP contribution < -0.4 is 5.32 Å². The molecule has 1 aromatic carbocycles. The van der Waals surface area contributed by atoms with Crippen LogP contribution in [-0.4, -0.2) is 79.5 Å². The van der Waals surface area contributed by atoms with Crippen LogP contribution in [0.4, 0.5) is 10.6 Å². The minimum absolute atomic E-state index is 0.0131. The zero-order chi connectivity index (χ0) is 27.4. The van der Waals surface area contributed by atoms with Crippen molar-refractivity contribution in [3.63, 3.8) is 0 Å². The van der Waals surface area contributed by atoms with Crippen LogP contribution in [0.15, 0.2) is 47.8 Å². The maximum Gasteiger partial charge on any atom is 0.408 e. The highest BCUT2D eigenvalue weighted by atomic mass is 32.2. The van der Waals surface area contributed by atoms with Crippen molar-refractivity contribution in [3.05, 3.63) is 48.4 Å². The van der Waals surface area contributed by atoms with Gasteiger partial charge >= 0.3 is 6.09 Å². The fourth-order valence-corrected chi connectivity index (χ4v) is 6.87. The van der Waals surface area contributed by atoms with Gasteiger partial charge in [0.2, 0.25) is 5.91 Å². The van der Waals surface area contributed by atoms with Crippen molar-refractivity contribution < 1.29 is 23.1 Å². The Kier molecular flexibility index (Phi) is 6.33. The Morgan fingerprint density at radius 1 is 1.13 bits per heavy atom. The van der Waals surface area contributed by atoms with Crippen LogP contribution in [0.2, 0.25) is 0 Å². The van der Waals surface area contributed by atoms with Crippen molar-refractivity contribution in [2.75, 3.05) is 11.9 Å². The van der Waals surface area contributed by atoms with Gasteiger partial charge in [-0.25, -0.2) is 27.2 Å². The Morgan fingerprint density at radius 2 is 1.84 bits per heavy atom. The number of fused-ring (bicyclic) bond motifs is 2. The van der Waals surface area contributed by atoms with Crippen LogP contribution in [0, 0.1) is 6.92 Å². The highest BCUT2D eigenvalue weighted by molar-refractivity contribution is 7.90. The zero-order valence-electron chi connectivity index (χ0n) is 21.8. The van der Waals surface area contributed by atoms with Gasteiger partial charge < -0.3 is 15.3 Å². The second kappa shape index (κ2) is 9.26.